The number of oxime groups is 1. The molecule has 0 bridgehead atoms. The molecule has 28 heavy (non-hydrogen) atoms. The van der Waals surface area contributed by atoms with Gasteiger partial charge in [-0.1, -0.05) is 11.2 Å². The fourth-order valence-electron chi connectivity index (χ4n) is 2.41. The van der Waals surface area contributed by atoms with Crippen molar-refractivity contribution in [2.45, 2.75) is 13.5 Å². The van der Waals surface area contributed by atoms with Crippen LogP contribution in [0.2, 0.25) is 0 Å². The summed E-state index contributed by atoms with van der Waals surface area (Å²) in [5, 5.41) is 3.72. The van der Waals surface area contributed by atoms with Gasteiger partial charge in [0.25, 0.3) is 5.56 Å². The first kappa shape index (κ1) is 19.1. The average Bonchev–Trinajstić information content (AvgIpc) is 2.70. The zero-order valence-corrected chi connectivity index (χ0v) is 15.5. The molecule has 0 aliphatic heterocycles. The highest BCUT2D eigenvalue weighted by Crippen LogP contribution is 2.09. The van der Waals surface area contributed by atoms with Gasteiger partial charge in [-0.05, 0) is 48.4 Å². The molecule has 8 nitrogen and oxygen atoms in total. The van der Waals surface area contributed by atoms with Gasteiger partial charge in [-0.3, -0.25) is 9.20 Å². The summed E-state index contributed by atoms with van der Waals surface area (Å²) in [5.74, 6) is 0.122. The van der Waals surface area contributed by atoms with Gasteiger partial charge in [-0.2, -0.15) is 0 Å². The SMILES string of the molecule is COc1ccc(/C=N\OCC(=O)OCc2cc(=O)n3cc(C)ccc3n2)cc1. The van der Waals surface area contributed by atoms with E-state index in [1.54, 1.807) is 43.6 Å². The molecular formula is C20H19N3O5. The van der Waals surface area contributed by atoms with Crippen molar-refractivity contribution in [3.63, 3.8) is 0 Å². The standard InChI is InChI=1S/C20H19N3O5/c1-14-3-8-18-22-16(9-19(24)23(18)11-14)12-27-20(25)13-28-21-10-15-4-6-17(26-2)7-5-15/h3-11H,12-13H2,1-2H3/b21-10-. The topological polar surface area (TPSA) is 91.5 Å². The third-order valence-corrected chi connectivity index (χ3v) is 3.82. The van der Waals surface area contributed by atoms with Crippen LogP contribution >= 0.6 is 0 Å². The second kappa shape index (κ2) is 8.81. The van der Waals surface area contributed by atoms with E-state index in [0.717, 1.165) is 16.9 Å². The number of esters is 1. The Morgan fingerprint density at radius 2 is 2.00 bits per heavy atom. The lowest BCUT2D eigenvalue weighted by atomic mass is 10.2. The second-order valence-corrected chi connectivity index (χ2v) is 5.96. The first-order valence-corrected chi connectivity index (χ1v) is 8.49. The Bertz CT molecular complexity index is 1060. The van der Waals surface area contributed by atoms with Crippen molar-refractivity contribution in [2.24, 2.45) is 5.16 Å². The first-order valence-electron chi connectivity index (χ1n) is 8.49. The zero-order chi connectivity index (χ0) is 19.9. The average molecular weight is 381 g/mol. The van der Waals surface area contributed by atoms with Gasteiger partial charge in [0.15, 0.2) is 0 Å². The van der Waals surface area contributed by atoms with E-state index in [9.17, 15) is 9.59 Å². The molecule has 0 amide bonds. The molecule has 3 rings (SSSR count). The van der Waals surface area contributed by atoms with Crippen LogP contribution in [0.1, 0.15) is 16.8 Å². The maximum absolute atomic E-state index is 12.1. The van der Waals surface area contributed by atoms with Crippen molar-refractivity contribution < 1.29 is 19.1 Å². The number of nitrogens with zero attached hydrogens (tertiary/aromatic N) is 3. The number of hydrogen-bond donors (Lipinski definition) is 0. The molecule has 0 N–H and O–H groups in total. The lowest BCUT2D eigenvalue weighted by molar-refractivity contribution is -0.150. The molecule has 0 fully saturated rings. The molecule has 0 saturated carbocycles. The van der Waals surface area contributed by atoms with Crippen LogP contribution in [0, 0.1) is 6.92 Å². The minimum Gasteiger partial charge on any atom is -0.497 e. The molecule has 0 radical (unpaired) electrons. The maximum Gasteiger partial charge on any atom is 0.347 e. The highest BCUT2D eigenvalue weighted by molar-refractivity contribution is 5.79. The summed E-state index contributed by atoms with van der Waals surface area (Å²) in [6.45, 7) is 1.42. The third-order valence-electron chi connectivity index (χ3n) is 3.82. The molecule has 0 aliphatic carbocycles. The van der Waals surface area contributed by atoms with E-state index in [-0.39, 0.29) is 18.8 Å². The summed E-state index contributed by atoms with van der Waals surface area (Å²) >= 11 is 0. The lowest BCUT2D eigenvalue weighted by Crippen LogP contribution is -2.17. The molecule has 2 aromatic heterocycles. The highest BCUT2D eigenvalue weighted by atomic mass is 16.6. The minimum absolute atomic E-state index is 0.121. The summed E-state index contributed by atoms with van der Waals surface area (Å²) in [6.07, 6.45) is 3.18. The van der Waals surface area contributed by atoms with E-state index >= 15 is 0 Å². The molecule has 0 atom stereocenters. The van der Waals surface area contributed by atoms with Gasteiger partial charge in [-0.15, -0.1) is 0 Å². The van der Waals surface area contributed by atoms with E-state index in [2.05, 4.69) is 10.1 Å². The number of carbonyl (C=O) groups is 1. The molecule has 144 valence electrons. The van der Waals surface area contributed by atoms with Crippen LogP contribution in [-0.2, 0) is 21.0 Å². The Morgan fingerprint density at radius 3 is 2.75 bits per heavy atom. The number of fused-ring (bicyclic) bond motifs is 1. The molecule has 0 saturated heterocycles. The van der Waals surface area contributed by atoms with Crippen LogP contribution in [0.5, 0.6) is 5.75 Å². The minimum atomic E-state index is -0.613. The van der Waals surface area contributed by atoms with Gasteiger partial charge in [0.2, 0.25) is 6.61 Å². The Balaban J connectivity index is 1.50. The summed E-state index contributed by atoms with van der Waals surface area (Å²) in [4.78, 5) is 33.1. The molecule has 0 spiro atoms. The third kappa shape index (κ3) is 4.94. The Hall–Kier alpha value is -3.68. The van der Waals surface area contributed by atoms with Crippen LogP contribution < -0.4 is 10.3 Å². The molecule has 0 unspecified atom stereocenters. The molecule has 1 aromatic carbocycles. The summed E-state index contributed by atoms with van der Waals surface area (Å²) in [7, 11) is 1.59. The second-order valence-electron chi connectivity index (χ2n) is 5.96. The predicted molar refractivity (Wildman–Crippen MR) is 103 cm³/mol. The number of pyridine rings is 1. The highest BCUT2D eigenvalue weighted by Gasteiger charge is 2.07. The number of carbonyl (C=O) groups excluding carboxylic acids is 1. The van der Waals surface area contributed by atoms with Crippen LogP contribution in [0.3, 0.4) is 0 Å². The Labute approximate surface area is 161 Å². The zero-order valence-electron chi connectivity index (χ0n) is 15.5. The van der Waals surface area contributed by atoms with Gasteiger partial charge in [0.1, 0.15) is 18.0 Å². The monoisotopic (exact) mass is 381 g/mol. The number of methoxy groups -OCH3 is 1. The van der Waals surface area contributed by atoms with E-state index in [1.807, 2.05) is 13.0 Å². The van der Waals surface area contributed by atoms with E-state index < -0.39 is 5.97 Å². The van der Waals surface area contributed by atoms with Crippen molar-refractivity contribution in [3.8, 4) is 5.75 Å². The Morgan fingerprint density at radius 1 is 1.21 bits per heavy atom. The quantitative estimate of drug-likeness (QED) is 0.354. The van der Waals surface area contributed by atoms with Crippen molar-refractivity contribution in [3.05, 3.63) is 75.8 Å². The van der Waals surface area contributed by atoms with Gasteiger partial charge < -0.3 is 14.3 Å². The molecule has 8 heteroatoms. The van der Waals surface area contributed by atoms with Crippen molar-refractivity contribution in [1.29, 1.82) is 0 Å². The predicted octanol–water partition coefficient (Wildman–Crippen LogP) is 2.11. The Kier molecular flexibility index (Phi) is 6.01. The van der Waals surface area contributed by atoms with Crippen LogP contribution in [0.25, 0.3) is 5.65 Å². The number of rotatable bonds is 7. The number of aromatic nitrogens is 2. The number of hydrogen-bond acceptors (Lipinski definition) is 7. The van der Waals surface area contributed by atoms with Crippen molar-refractivity contribution >= 4 is 17.8 Å². The molecular weight excluding hydrogens is 362 g/mol. The fraction of sp³-hybridized carbons (Fsp3) is 0.200. The van der Waals surface area contributed by atoms with Crippen LogP contribution in [-0.4, -0.2) is 35.3 Å². The van der Waals surface area contributed by atoms with Gasteiger partial charge in [-0.25, -0.2) is 9.78 Å². The van der Waals surface area contributed by atoms with Gasteiger partial charge in [0.05, 0.1) is 19.0 Å². The number of ether oxygens (including phenoxy) is 2. The molecule has 2 heterocycles. The van der Waals surface area contributed by atoms with Crippen molar-refractivity contribution in [2.75, 3.05) is 13.7 Å². The van der Waals surface area contributed by atoms with Crippen LogP contribution in [0.15, 0.2) is 58.6 Å². The largest absolute Gasteiger partial charge is 0.497 e. The van der Waals surface area contributed by atoms with Gasteiger partial charge >= 0.3 is 5.97 Å². The van der Waals surface area contributed by atoms with E-state index in [4.69, 9.17) is 14.3 Å². The summed E-state index contributed by atoms with van der Waals surface area (Å²) < 4.78 is 11.6. The number of benzene rings is 1. The summed E-state index contributed by atoms with van der Waals surface area (Å²) in [6, 6.07) is 12.1. The van der Waals surface area contributed by atoms with Crippen LogP contribution in [0.4, 0.5) is 0 Å². The molecule has 0 aliphatic rings. The normalized spacial score (nSPS) is 10.9. The fourth-order valence-corrected chi connectivity index (χ4v) is 2.41. The van der Waals surface area contributed by atoms with E-state index in [0.29, 0.717) is 11.3 Å². The molecule has 3 aromatic rings. The first-order chi connectivity index (χ1) is 13.5. The maximum atomic E-state index is 12.1. The van der Waals surface area contributed by atoms with Gasteiger partial charge in [0, 0.05) is 12.3 Å². The lowest BCUT2D eigenvalue weighted by Gasteiger charge is -2.06. The van der Waals surface area contributed by atoms with E-state index in [1.165, 1.54) is 16.7 Å². The van der Waals surface area contributed by atoms with Crippen molar-refractivity contribution in [1.82, 2.24) is 9.38 Å². The summed E-state index contributed by atoms with van der Waals surface area (Å²) in [5.41, 5.74) is 2.36. The number of aryl methyl sites for hydroxylation is 1. The smallest absolute Gasteiger partial charge is 0.347 e.